The van der Waals surface area contributed by atoms with E-state index in [1.807, 2.05) is 0 Å². The fourth-order valence-corrected chi connectivity index (χ4v) is 3.22. The number of nitrogens with one attached hydrogen (secondary N) is 1. The number of hydrogen-bond donors (Lipinski definition) is 2. The molecule has 0 aliphatic carbocycles. The summed E-state index contributed by atoms with van der Waals surface area (Å²) in [4.78, 5) is 11.4. The number of aryl methyl sites for hydroxylation is 1. The molecule has 0 unspecified atom stereocenters. The van der Waals surface area contributed by atoms with Gasteiger partial charge in [0.1, 0.15) is 5.82 Å². The van der Waals surface area contributed by atoms with E-state index in [9.17, 15) is 27.5 Å². The number of carboxylic acid groups (broad SMARTS) is 1. The van der Waals surface area contributed by atoms with Gasteiger partial charge in [0.15, 0.2) is 0 Å². The van der Waals surface area contributed by atoms with Gasteiger partial charge in [-0.05, 0) is 24.1 Å². The van der Waals surface area contributed by atoms with Crippen LogP contribution in [0.25, 0.3) is 11.1 Å². The SMILES string of the molecule is Cn1ncc(-c2ccccc2F)c1[C@@H](Cc1cccc(C(F)(F)F)c1)NC(=O)O. The number of benzene rings is 2. The minimum atomic E-state index is -4.52. The number of hydrogen-bond acceptors (Lipinski definition) is 2. The summed E-state index contributed by atoms with van der Waals surface area (Å²) >= 11 is 0. The van der Waals surface area contributed by atoms with Crippen LogP contribution in [0.5, 0.6) is 0 Å². The van der Waals surface area contributed by atoms with E-state index in [1.165, 1.54) is 41.2 Å². The number of amides is 1. The largest absolute Gasteiger partial charge is 0.465 e. The summed E-state index contributed by atoms with van der Waals surface area (Å²) in [5.74, 6) is -0.519. The molecule has 152 valence electrons. The number of halogens is 4. The molecule has 0 spiro atoms. The predicted molar refractivity (Wildman–Crippen MR) is 97.7 cm³/mol. The van der Waals surface area contributed by atoms with Gasteiger partial charge in [0.25, 0.3) is 0 Å². The zero-order valence-corrected chi connectivity index (χ0v) is 15.2. The van der Waals surface area contributed by atoms with Crippen molar-refractivity contribution < 1.29 is 27.5 Å². The van der Waals surface area contributed by atoms with E-state index >= 15 is 0 Å². The average Bonchev–Trinajstić information content (AvgIpc) is 3.02. The fourth-order valence-electron chi connectivity index (χ4n) is 3.22. The molecular weight excluding hydrogens is 390 g/mol. The zero-order chi connectivity index (χ0) is 21.2. The van der Waals surface area contributed by atoms with E-state index in [4.69, 9.17) is 0 Å². The lowest BCUT2D eigenvalue weighted by Gasteiger charge is -2.20. The van der Waals surface area contributed by atoms with Crippen LogP contribution in [0.1, 0.15) is 22.9 Å². The summed E-state index contributed by atoms with van der Waals surface area (Å²) in [5, 5.41) is 15.7. The topological polar surface area (TPSA) is 67.2 Å². The predicted octanol–water partition coefficient (Wildman–Crippen LogP) is 4.80. The molecule has 0 bridgehead atoms. The van der Waals surface area contributed by atoms with Crippen molar-refractivity contribution in [3.63, 3.8) is 0 Å². The summed E-state index contributed by atoms with van der Waals surface area (Å²) in [6, 6.07) is 9.64. The van der Waals surface area contributed by atoms with Crippen molar-refractivity contribution in [2.45, 2.75) is 18.6 Å². The second-order valence-corrected chi connectivity index (χ2v) is 6.45. The van der Waals surface area contributed by atoms with Crippen LogP contribution < -0.4 is 5.32 Å². The molecular formula is C20H17F4N3O2. The standard InChI is InChI=1S/C20H17F4N3O2/c1-27-18(15(11-25-27)14-7-2-3-8-16(14)21)17(26-19(28)29)10-12-5-4-6-13(9-12)20(22,23)24/h2-9,11,17,26H,10H2,1H3,(H,28,29)/t17-/m1/s1. The maximum atomic E-state index is 14.3. The molecule has 0 aliphatic heterocycles. The molecule has 3 rings (SSSR count). The Labute approximate surface area is 163 Å². The lowest BCUT2D eigenvalue weighted by atomic mass is 9.96. The van der Waals surface area contributed by atoms with Crippen LogP contribution in [-0.4, -0.2) is 21.0 Å². The molecule has 0 fully saturated rings. The molecule has 3 aromatic rings. The minimum absolute atomic E-state index is 0.0722. The monoisotopic (exact) mass is 407 g/mol. The van der Waals surface area contributed by atoms with E-state index in [-0.39, 0.29) is 17.5 Å². The Bertz CT molecular complexity index is 1030. The van der Waals surface area contributed by atoms with E-state index in [0.717, 1.165) is 12.1 Å². The van der Waals surface area contributed by atoms with Gasteiger partial charge in [-0.2, -0.15) is 18.3 Å². The van der Waals surface area contributed by atoms with Crippen LogP contribution in [0.15, 0.2) is 54.7 Å². The first-order valence-corrected chi connectivity index (χ1v) is 8.59. The molecule has 0 saturated heterocycles. The third-order valence-electron chi connectivity index (χ3n) is 4.47. The molecule has 5 nitrogen and oxygen atoms in total. The van der Waals surface area contributed by atoms with Crippen LogP contribution in [0.4, 0.5) is 22.4 Å². The fraction of sp³-hybridized carbons (Fsp3) is 0.200. The van der Waals surface area contributed by atoms with Crippen molar-refractivity contribution in [2.75, 3.05) is 0 Å². The van der Waals surface area contributed by atoms with Crippen LogP contribution in [0.3, 0.4) is 0 Å². The molecule has 1 heterocycles. The summed E-state index contributed by atoms with van der Waals surface area (Å²) in [7, 11) is 1.56. The Kier molecular flexibility index (Phi) is 5.58. The Balaban J connectivity index is 2.05. The highest BCUT2D eigenvalue weighted by Crippen LogP contribution is 2.33. The van der Waals surface area contributed by atoms with Gasteiger partial charge < -0.3 is 10.4 Å². The highest BCUT2D eigenvalue weighted by atomic mass is 19.4. The van der Waals surface area contributed by atoms with Gasteiger partial charge in [0.2, 0.25) is 0 Å². The van der Waals surface area contributed by atoms with Gasteiger partial charge >= 0.3 is 12.3 Å². The minimum Gasteiger partial charge on any atom is -0.465 e. The summed E-state index contributed by atoms with van der Waals surface area (Å²) in [5.41, 5.74) is 0.366. The van der Waals surface area contributed by atoms with Crippen LogP contribution in [0.2, 0.25) is 0 Å². The second kappa shape index (κ2) is 7.94. The number of nitrogens with zero attached hydrogens (tertiary/aromatic N) is 2. The normalized spacial score (nSPS) is 12.6. The van der Waals surface area contributed by atoms with Gasteiger partial charge in [-0.3, -0.25) is 4.68 Å². The van der Waals surface area contributed by atoms with Crippen molar-refractivity contribution in [1.82, 2.24) is 15.1 Å². The van der Waals surface area contributed by atoms with Crippen molar-refractivity contribution in [3.05, 3.63) is 77.4 Å². The molecule has 0 aliphatic rings. The third kappa shape index (κ3) is 4.56. The number of aromatic nitrogens is 2. The molecule has 0 radical (unpaired) electrons. The quantitative estimate of drug-likeness (QED) is 0.598. The Hall–Kier alpha value is -3.36. The Morgan fingerprint density at radius 3 is 2.55 bits per heavy atom. The Morgan fingerprint density at radius 2 is 1.90 bits per heavy atom. The zero-order valence-electron chi connectivity index (χ0n) is 15.2. The van der Waals surface area contributed by atoms with Gasteiger partial charge in [0, 0.05) is 18.2 Å². The molecule has 9 heteroatoms. The summed E-state index contributed by atoms with van der Waals surface area (Å²) in [6.07, 6.45) is -4.55. The number of rotatable bonds is 5. The van der Waals surface area contributed by atoms with Crippen molar-refractivity contribution >= 4 is 6.09 Å². The molecule has 1 aromatic heterocycles. The molecule has 1 amide bonds. The van der Waals surface area contributed by atoms with Crippen LogP contribution >= 0.6 is 0 Å². The van der Waals surface area contributed by atoms with Crippen LogP contribution in [0, 0.1) is 5.82 Å². The summed E-state index contributed by atoms with van der Waals surface area (Å²) < 4.78 is 54.7. The highest BCUT2D eigenvalue weighted by molar-refractivity contribution is 5.69. The smallest absolute Gasteiger partial charge is 0.416 e. The van der Waals surface area contributed by atoms with Crippen LogP contribution in [-0.2, 0) is 19.6 Å². The van der Waals surface area contributed by atoms with Gasteiger partial charge in [0.05, 0.1) is 23.5 Å². The second-order valence-electron chi connectivity index (χ2n) is 6.45. The van der Waals surface area contributed by atoms with E-state index in [0.29, 0.717) is 11.3 Å². The molecule has 1 atom stereocenters. The first-order chi connectivity index (χ1) is 13.7. The number of alkyl halides is 3. The first-order valence-electron chi connectivity index (χ1n) is 8.59. The first kappa shape index (κ1) is 20.4. The van der Waals surface area contributed by atoms with Gasteiger partial charge in [-0.15, -0.1) is 0 Å². The molecule has 2 N–H and O–H groups in total. The van der Waals surface area contributed by atoms with Gasteiger partial charge in [-0.1, -0.05) is 36.4 Å². The highest BCUT2D eigenvalue weighted by Gasteiger charge is 2.31. The molecule has 0 saturated carbocycles. The van der Waals surface area contributed by atoms with E-state index in [1.54, 1.807) is 13.1 Å². The van der Waals surface area contributed by atoms with Gasteiger partial charge in [-0.25, -0.2) is 9.18 Å². The third-order valence-corrected chi connectivity index (χ3v) is 4.47. The number of carbonyl (C=O) groups is 1. The average molecular weight is 407 g/mol. The van der Waals surface area contributed by atoms with Crippen molar-refractivity contribution in [2.24, 2.45) is 7.05 Å². The van der Waals surface area contributed by atoms with Crippen molar-refractivity contribution in [1.29, 1.82) is 0 Å². The summed E-state index contributed by atoms with van der Waals surface area (Å²) in [6.45, 7) is 0. The maximum absolute atomic E-state index is 14.3. The lowest BCUT2D eigenvalue weighted by molar-refractivity contribution is -0.137. The lowest BCUT2D eigenvalue weighted by Crippen LogP contribution is -2.30. The Morgan fingerprint density at radius 1 is 1.17 bits per heavy atom. The maximum Gasteiger partial charge on any atom is 0.416 e. The molecule has 29 heavy (non-hydrogen) atoms. The van der Waals surface area contributed by atoms with E-state index in [2.05, 4.69) is 10.4 Å². The van der Waals surface area contributed by atoms with Crippen molar-refractivity contribution in [3.8, 4) is 11.1 Å². The van der Waals surface area contributed by atoms with E-state index < -0.39 is 29.7 Å². The molecule has 2 aromatic carbocycles.